The Kier molecular flexibility index (Phi) is 4.26. The van der Waals surface area contributed by atoms with Crippen molar-refractivity contribution in [2.24, 2.45) is 5.92 Å². The fourth-order valence-electron chi connectivity index (χ4n) is 3.85. The van der Waals surface area contributed by atoms with Gasteiger partial charge < -0.3 is 14.5 Å². The van der Waals surface area contributed by atoms with E-state index in [0.29, 0.717) is 31.3 Å². The zero-order chi connectivity index (χ0) is 18.3. The van der Waals surface area contributed by atoms with Gasteiger partial charge in [-0.25, -0.2) is 4.98 Å². The van der Waals surface area contributed by atoms with E-state index in [2.05, 4.69) is 27.9 Å². The number of ether oxygens (including phenoxy) is 1. The lowest BCUT2D eigenvalue weighted by atomic mass is 9.95. The molecule has 26 heavy (non-hydrogen) atoms. The van der Waals surface area contributed by atoms with Gasteiger partial charge in [0.2, 0.25) is 11.8 Å². The van der Waals surface area contributed by atoms with Crippen LogP contribution in [0, 0.1) is 19.8 Å². The number of amides is 1. The molecule has 2 aliphatic rings. The number of hydrogen-bond acceptors (Lipinski definition) is 5. The fraction of sp³-hybridized carbons (Fsp3) is 0.450. The van der Waals surface area contributed by atoms with Gasteiger partial charge in [0.15, 0.2) is 0 Å². The van der Waals surface area contributed by atoms with E-state index in [1.54, 1.807) is 13.3 Å². The predicted molar refractivity (Wildman–Crippen MR) is 99.1 cm³/mol. The van der Waals surface area contributed by atoms with Crippen LogP contribution in [0.1, 0.15) is 28.8 Å². The van der Waals surface area contributed by atoms with Crippen LogP contribution in [0.2, 0.25) is 0 Å². The molecule has 0 radical (unpaired) electrons. The van der Waals surface area contributed by atoms with Gasteiger partial charge in [0.25, 0.3) is 0 Å². The van der Waals surface area contributed by atoms with Crippen LogP contribution in [0.3, 0.4) is 0 Å². The second kappa shape index (κ2) is 6.59. The summed E-state index contributed by atoms with van der Waals surface area (Å²) in [7, 11) is 1.64. The molecule has 2 aromatic rings. The number of carbonyl (C=O) groups is 1. The molecule has 0 saturated carbocycles. The first kappa shape index (κ1) is 16.8. The first-order valence-corrected chi connectivity index (χ1v) is 9.02. The summed E-state index contributed by atoms with van der Waals surface area (Å²) < 4.78 is 5.37. The van der Waals surface area contributed by atoms with Gasteiger partial charge in [-0.3, -0.25) is 9.78 Å². The molecule has 2 aromatic heterocycles. The molecule has 0 N–H and O–H groups in total. The maximum atomic E-state index is 12.7. The lowest BCUT2D eigenvalue weighted by molar-refractivity contribution is -0.133. The van der Waals surface area contributed by atoms with Gasteiger partial charge >= 0.3 is 0 Å². The number of methoxy groups -OCH3 is 1. The summed E-state index contributed by atoms with van der Waals surface area (Å²) in [6, 6.07) is 4.01. The number of aromatic nitrogens is 2. The number of hydrogen-bond donors (Lipinski definition) is 0. The molecule has 0 unspecified atom stereocenters. The standard InChI is InChI=1S/C20H24N4O2/c1-13-14(2)20(26-3)22-18-12-24(11-17(13)18)19(25)7-15-9-23(10-15)16-5-4-6-21-8-16/h4-6,8,15H,7,9-12H2,1-3H3. The van der Waals surface area contributed by atoms with Gasteiger partial charge in [0.1, 0.15) is 0 Å². The number of fused-ring (bicyclic) bond motifs is 1. The van der Waals surface area contributed by atoms with Crippen molar-refractivity contribution in [2.45, 2.75) is 33.4 Å². The monoisotopic (exact) mass is 352 g/mol. The summed E-state index contributed by atoms with van der Waals surface area (Å²) in [5, 5.41) is 0. The van der Waals surface area contributed by atoms with Gasteiger partial charge in [-0.2, -0.15) is 0 Å². The Hall–Kier alpha value is -2.63. The van der Waals surface area contributed by atoms with E-state index in [1.165, 1.54) is 11.1 Å². The fourth-order valence-corrected chi connectivity index (χ4v) is 3.85. The largest absolute Gasteiger partial charge is 0.481 e. The van der Waals surface area contributed by atoms with Crippen molar-refractivity contribution in [3.05, 3.63) is 46.9 Å². The Morgan fingerprint density at radius 1 is 1.27 bits per heavy atom. The molecule has 4 heterocycles. The van der Waals surface area contributed by atoms with Gasteiger partial charge in [0.05, 0.1) is 31.2 Å². The summed E-state index contributed by atoms with van der Waals surface area (Å²) in [6.07, 6.45) is 4.25. The summed E-state index contributed by atoms with van der Waals surface area (Å²) in [5.41, 5.74) is 5.54. The molecular weight excluding hydrogens is 328 g/mol. The Bertz CT molecular complexity index is 831. The Morgan fingerprint density at radius 3 is 2.77 bits per heavy atom. The number of carbonyl (C=O) groups excluding carboxylic acids is 1. The topological polar surface area (TPSA) is 58.6 Å². The van der Waals surface area contributed by atoms with E-state index >= 15 is 0 Å². The lowest BCUT2D eigenvalue weighted by Crippen LogP contribution is -2.48. The van der Waals surface area contributed by atoms with Crippen molar-refractivity contribution >= 4 is 11.6 Å². The SMILES string of the molecule is COc1nc2c(c(C)c1C)CN(C(=O)CC1CN(c3cccnc3)C1)C2. The zero-order valence-corrected chi connectivity index (χ0v) is 15.5. The molecule has 136 valence electrons. The molecule has 4 rings (SSSR count). The Labute approximate surface area is 153 Å². The van der Waals surface area contributed by atoms with Gasteiger partial charge in [-0.1, -0.05) is 0 Å². The van der Waals surface area contributed by atoms with Gasteiger partial charge in [-0.05, 0) is 37.1 Å². The quantitative estimate of drug-likeness (QED) is 0.846. The molecule has 1 saturated heterocycles. The maximum Gasteiger partial charge on any atom is 0.223 e. The molecule has 1 amide bonds. The van der Waals surface area contributed by atoms with E-state index in [1.807, 2.05) is 24.1 Å². The van der Waals surface area contributed by atoms with Crippen LogP contribution in [0.5, 0.6) is 5.88 Å². The van der Waals surface area contributed by atoms with E-state index in [4.69, 9.17) is 4.74 Å². The van der Waals surface area contributed by atoms with Crippen LogP contribution >= 0.6 is 0 Å². The Balaban J connectivity index is 1.36. The van der Waals surface area contributed by atoms with Gasteiger partial charge in [0, 0.05) is 43.7 Å². The highest BCUT2D eigenvalue weighted by Crippen LogP contribution is 2.32. The third-order valence-corrected chi connectivity index (χ3v) is 5.59. The molecule has 0 aromatic carbocycles. The van der Waals surface area contributed by atoms with Crippen LogP contribution in [0.15, 0.2) is 24.5 Å². The third kappa shape index (κ3) is 2.89. The zero-order valence-electron chi connectivity index (χ0n) is 15.5. The highest BCUT2D eigenvalue weighted by atomic mass is 16.5. The Morgan fingerprint density at radius 2 is 2.08 bits per heavy atom. The normalized spacial score (nSPS) is 16.4. The summed E-state index contributed by atoms with van der Waals surface area (Å²) in [6.45, 7) is 7.20. The summed E-state index contributed by atoms with van der Waals surface area (Å²) in [5.74, 6) is 1.30. The van der Waals surface area contributed by atoms with E-state index in [0.717, 1.165) is 30.0 Å². The van der Waals surface area contributed by atoms with Crippen molar-refractivity contribution < 1.29 is 9.53 Å². The van der Waals surface area contributed by atoms with Crippen molar-refractivity contribution in [1.29, 1.82) is 0 Å². The number of nitrogens with zero attached hydrogens (tertiary/aromatic N) is 4. The molecule has 1 fully saturated rings. The van der Waals surface area contributed by atoms with Crippen LogP contribution in [0.25, 0.3) is 0 Å². The predicted octanol–water partition coefficient (Wildman–Crippen LogP) is 2.47. The second-order valence-corrected chi connectivity index (χ2v) is 7.23. The molecule has 2 aliphatic heterocycles. The minimum atomic E-state index is 0.217. The maximum absolute atomic E-state index is 12.7. The van der Waals surface area contributed by atoms with Crippen LogP contribution in [0.4, 0.5) is 5.69 Å². The number of pyridine rings is 2. The second-order valence-electron chi connectivity index (χ2n) is 7.23. The van der Waals surface area contributed by atoms with E-state index < -0.39 is 0 Å². The van der Waals surface area contributed by atoms with Gasteiger partial charge in [-0.15, -0.1) is 0 Å². The summed E-state index contributed by atoms with van der Waals surface area (Å²) >= 11 is 0. The molecule has 0 spiro atoms. The highest BCUT2D eigenvalue weighted by Gasteiger charge is 2.33. The van der Waals surface area contributed by atoms with Crippen molar-refractivity contribution in [1.82, 2.24) is 14.9 Å². The lowest BCUT2D eigenvalue weighted by Gasteiger charge is -2.41. The van der Waals surface area contributed by atoms with E-state index in [9.17, 15) is 4.79 Å². The number of anilines is 1. The number of rotatable bonds is 4. The average Bonchev–Trinajstić information content (AvgIpc) is 3.06. The molecule has 0 aliphatic carbocycles. The van der Waals surface area contributed by atoms with Crippen molar-refractivity contribution in [2.75, 3.05) is 25.1 Å². The first-order valence-electron chi connectivity index (χ1n) is 9.02. The van der Waals surface area contributed by atoms with Crippen LogP contribution < -0.4 is 9.64 Å². The molecular formula is C20H24N4O2. The van der Waals surface area contributed by atoms with Crippen molar-refractivity contribution in [3.8, 4) is 5.88 Å². The molecule has 0 atom stereocenters. The minimum absolute atomic E-state index is 0.217. The minimum Gasteiger partial charge on any atom is -0.481 e. The van der Waals surface area contributed by atoms with Crippen LogP contribution in [-0.2, 0) is 17.9 Å². The summed E-state index contributed by atoms with van der Waals surface area (Å²) in [4.78, 5) is 25.7. The van der Waals surface area contributed by atoms with Crippen LogP contribution in [-0.4, -0.2) is 41.0 Å². The highest BCUT2D eigenvalue weighted by molar-refractivity contribution is 5.77. The molecule has 0 bridgehead atoms. The van der Waals surface area contributed by atoms with E-state index in [-0.39, 0.29) is 5.91 Å². The first-order chi connectivity index (χ1) is 12.6. The smallest absolute Gasteiger partial charge is 0.223 e. The third-order valence-electron chi connectivity index (χ3n) is 5.59. The molecule has 6 nitrogen and oxygen atoms in total. The van der Waals surface area contributed by atoms with Crippen molar-refractivity contribution in [3.63, 3.8) is 0 Å². The average molecular weight is 352 g/mol. The molecule has 6 heteroatoms.